The number of hydrogen-bond acceptors (Lipinski definition) is 5. The molecule has 32 heavy (non-hydrogen) atoms. The number of methoxy groups -OCH3 is 1. The zero-order valence-corrected chi connectivity index (χ0v) is 18.1. The molecule has 0 aliphatic heterocycles. The van der Waals surface area contributed by atoms with E-state index in [1.54, 1.807) is 43.8 Å². The summed E-state index contributed by atoms with van der Waals surface area (Å²) in [6, 6.07) is 21.0. The fraction of sp³-hybridized carbons (Fsp3) is 0.154. The topological polar surface area (TPSA) is 68.2 Å². The van der Waals surface area contributed by atoms with Crippen LogP contribution in [0.5, 0.6) is 5.75 Å². The molecule has 0 aliphatic carbocycles. The molecule has 0 atom stereocenters. The molecule has 2 aromatic carbocycles. The van der Waals surface area contributed by atoms with Crippen molar-refractivity contribution in [2.45, 2.75) is 20.0 Å². The minimum atomic E-state index is -0.0755. The third-order valence-electron chi connectivity index (χ3n) is 5.16. The Morgan fingerprint density at radius 2 is 1.66 bits per heavy atom. The lowest BCUT2D eigenvalue weighted by molar-refractivity contribution is 0.0728. The van der Waals surface area contributed by atoms with Crippen LogP contribution >= 0.6 is 0 Å². The Bertz CT molecular complexity index is 1180. The Morgan fingerprint density at radius 3 is 2.34 bits per heavy atom. The van der Waals surface area contributed by atoms with Crippen molar-refractivity contribution in [2.24, 2.45) is 0 Å². The summed E-state index contributed by atoms with van der Waals surface area (Å²) in [5.41, 5.74) is 4.29. The van der Waals surface area contributed by atoms with Gasteiger partial charge in [-0.15, -0.1) is 0 Å². The fourth-order valence-corrected chi connectivity index (χ4v) is 3.51. The Hall–Kier alpha value is -4.06. The second kappa shape index (κ2) is 9.83. The van der Waals surface area contributed by atoms with Gasteiger partial charge in [0.15, 0.2) is 0 Å². The second-order valence-electron chi connectivity index (χ2n) is 7.39. The molecule has 160 valence electrons. The molecule has 0 unspecified atom stereocenters. The molecular formula is C26H24N4O2. The lowest BCUT2D eigenvalue weighted by Crippen LogP contribution is -2.31. The van der Waals surface area contributed by atoms with E-state index in [-0.39, 0.29) is 5.91 Å². The highest BCUT2D eigenvalue weighted by Gasteiger charge is 2.20. The lowest BCUT2D eigenvalue weighted by Gasteiger charge is -2.24. The van der Waals surface area contributed by atoms with E-state index in [0.717, 1.165) is 22.4 Å². The molecular weight excluding hydrogens is 400 g/mol. The maximum absolute atomic E-state index is 13.5. The second-order valence-corrected chi connectivity index (χ2v) is 7.39. The molecule has 0 saturated heterocycles. The lowest BCUT2D eigenvalue weighted by atomic mass is 10.1. The quantitative estimate of drug-likeness (QED) is 0.430. The first-order valence-corrected chi connectivity index (χ1v) is 10.3. The molecule has 0 radical (unpaired) electrons. The third kappa shape index (κ3) is 4.98. The van der Waals surface area contributed by atoms with Gasteiger partial charge in [0.1, 0.15) is 11.6 Å². The Morgan fingerprint density at radius 1 is 0.938 bits per heavy atom. The molecule has 2 aromatic heterocycles. The van der Waals surface area contributed by atoms with Gasteiger partial charge in [0.05, 0.1) is 19.3 Å². The van der Waals surface area contributed by atoms with Crippen molar-refractivity contribution in [3.8, 4) is 16.9 Å². The van der Waals surface area contributed by atoms with E-state index in [1.807, 2.05) is 60.5 Å². The summed E-state index contributed by atoms with van der Waals surface area (Å²) in [5, 5.41) is 0. The minimum Gasteiger partial charge on any atom is -0.497 e. The predicted molar refractivity (Wildman–Crippen MR) is 123 cm³/mol. The van der Waals surface area contributed by atoms with Crippen molar-refractivity contribution in [2.75, 3.05) is 7.11 Å². The van der Waals surface area contributed by atoms with Crippen LogP contribution in [0.2, 0.25) is 0 Å². The van der Waals surface area contributed by atoms with Crippen LogP contribution in [0.15, 0.2) is 85.3 Å². The summed E-state index contributed by atoms with van der Waals surface area (Å²) in [5.74, 6) is 1.30. The molecule has 4 aromatic rings. The number of ether oxygens (including phenoxy) is 1. The molecule has 0 bridgehead atoms. The number of carbonyl (C=O) groups excluding carboxylic acids is 1. The average molecular weight is 425 g/mol. The summed E-state index contributed by atoms with van der Waals surface area (Å²) < 4.78 is 5.23. The summed E-state index contributed by atoms with van der Waals surface area (Å²) >= 11 is 0. The van der Waals surface area contributed by atoms with E-state index in [4.69, 9.17) is 4.74 Å². The molecule has 1 amide bonds. The predicted octanol–water partition coefficient (Wildman–Crippen LogP) is 4.70. The van der Waals surface area contributed by atoms with Crippen LogP contribution in [0, 0.1) is 6.92 Å². The van der Waals surface area contributed by atoms with E-state index >= 15 is 0 Å². The zero-order valence-electron chi connectivity index (χ0n) is 18.1. The van der Waals surface area contributed by atoms with Gasteiger partial charge in [-0.05, 0) is 54.4 Å². The van der Waals surface area contributed by atoms with Crippen molar-refractivity contribution >= 4 is 5.91 Å². The fourth-order valence-electron chi connectivity index (χ4n) is 3.51. The van der Waals surface area contributed by atoms with Crippen LogP contribution < -0.4 is 4.74 Å². The van der Waals surface area contributed by atoms with Gasteiger partial charge in [-0.1, -0.05) is 30.3 Å². The van der Waals surface area contributed by atoms with E-state index in [2.05, 4.69) is 15.0 Å². The SMILES string of the molecule is COc1ccc(C(=O)N(Cc2ccccc2)Cc2nc(C)ncc2-c2ccncc2)cc1. The van der Waals surface area contributed by atoms with Crippen molar-refractivity contribution in [1.29, 1.82) is 0 Å². The van der Waals surface area contributed by atoms with Crippen molar-refractivity contribution in [1.82, 2.24) is 19.9 Å². The van der Waals surface area contributed by atoms with Gasteiger partial charge >= 0.3 is 0 Å². The van der Waals surface area contributed by atoms with Crippen LogP contribution in [-0.4, -0.2) is 32.9 Å². The number of benzene rings is 2. The first-order valence-electron chi connectivity index (χ1n) is 10.3. The number of pyridine rings is 1. The van der Waals surface area contributed by atoms with Crippen molar-refractivity contribution < 1.29 is 9.53 Å². The van der Waals surface area contributed by atoms with E-state index in [1.165, 1.54) is 0 Å². The Labute approximate surface area is 187 Å². The van der Waals surface area contributed by atoms with E-state index in [9.17, 15) is 4.79 Å². The number of aromatic nitrogens is 3. The first kappa shape index (κ1) is 21.2. The highest BCUT2D eigenvalue weighted by molar-refractivity contribution is 5.94. The standard InChI is InChI=1S/C26H24N4O2/c1-19-28-16-24(21-12-14-27-15-13-21)25(29-19)18-30(17-20-6-4-3-5-7-20)26(31)22-8-10-23(32-2)11-9-22/h3-16H,17-18H2,1-2H3. The molecule has 6 heteroatoms. The molecule has 0 spiro atoms. The number of nitrogens with zero attached hydrogens (tertiary/aromatic N) is 4. The molecule has 0 saturated carbocycles. The molecule has 0 aliphatic rings. The van der Waals surface area contributed by atoms with Crippen molar-refractivity contribution in [3.63, 3.8) is 0 Å². The van der Waals surface area contributed by atoms with Gasteiger partial charge in [0.25, 0.3) is 5.91 Å². The van der Waals surface area contributed by atoms with Crippen LogP contribution in [0.3, 0.4) is 0 Å². The van der Waals surface area contributed by atoms with E-state index in [0.29, 0.717) is 30.2 Å². The van der Waals surface area contributed by atoms with Crippen LogP contribution in [0.25, 0.3) is 11.1 Å². The Kier molecular flexibility index (Phi) is 6.51. The van der Waals surface area contributed by atoms with Gasteiger partial charge in [0.2, 0.25) is 0 Å². The summed E-state index contributed by atoms with van der Waals surface area (Å²) in [4.78, 5) is 28.5. The first-order chi connectivity index (χ1) is 15.6. The maximum Gasteiger partial charge on any atom is 0.254 e. The molecule has 0 fully saturated rings. The smallest absolute Gasteiger partial charge is 0.254 e. The van der Waals surface area contributed by atoms with Gasteiger partial charge in [-0.3, -0.25) is 9.78 Å². The summed E-state index contributed by atoms with van der Waals surface area (Å²) in [6.45, 7) is 2.66. The normalized spacial score (nSPS) is 10.6. The molecule has 6 nitrogen and oxygen atoms in total. The molecule has 0 N–H and O–H groups in total. The number of rotatable bonds is 7. The number of carbonyl (C=O) groups is 1. The number of amides is 1. The molecule has 2 heterocycles. The largest absolute Gasteiger partial charge is 0.497 e. The Balaban J connectivity index is 1.70. The van der Waals surface area contributed by atoms with E-state index < -0.39 is 0 Å². The van der Waals surface area contributed by atoms with Crippen LogP contribution in [0.1, 0.15) is 27.4 Å². The van der Waals surface area contributed by atoms with Crippen LogP contribution in [0.4, 0.5) is 0 Å². The highest BCUT2D eigenvalue weighted by Crippen LogP contribution is 2.24. The van der Waals surface area contributed by atoms with Gasteiger partial charge in [0, 0.05) is 36.3 Å². The monoisotopic (exact) mass is 424 g/mol. The zero-order chi connectivity index (χ0) is 22.3. The summed E-state index contributed by atoms with van der Waals surface area (Å²) in [7, 11) is 1.61. The third-order valence-corrected chi connectivity index (χ3v) is 5.16. The number of hydrogen-bond donors (Lipinski definition) is 0. The van der Waals surface area contributed by atoms with Crippen molar-refractivity contribution in [3.05, 3.63) is 108 Å². The maximum atomic E-state index is 13.5. The molecule has 4 rings (SSSR count). The average Bonchev–Trinajstić information content (AvgIpc) is 2.84. The summed E-state index contributed by atoms with van der Waals surface area (Å²) in [6.07, 6.45) is 5.29. The van der Waals surface area contributed by atoms with Crippen LogP contribution in [-0.2, 0) is 13.1 Å². The number of aryl methyl sites for hydroxylation is 1. The van der Waals surface area contributed by atoms with Gasteiger partial charge in [-0.25, -0.2) is 9.97 Å². The highest BCUT2D eigenvalue weighted by atomic mass is 16.5. The minimum absolute atomic E-state index is 0.0755. The van der Waals surface area contributed by atoms with Gasteiger partial charge in [-0.2, -0.15) is 0 Å². The van der Waals surface area contributed by atoms with Gasteiger partial charge < -0.3 is 9.64 Å².